The van der Waals surface area contributed by atoms with Gasteiger partial charge in [0.1, 0.15) is 0 Å². The van der Waals surface area contributed by atoms with Crippen LogP contribution in [0.5, 0.6) is 0 Å². The van der Waals surface area contributed by atoms with Gasteiger partial charge < -0.3 is 36.3 Å². The molecule has 14 heavy (non-hydrogen) atoms. The van der Waals surface area contributed by atoms with Crippen LogP contribution < -0.4 is 36.3 Å². The molecule has 1 aromatic rings. The van der Waals surface area contributed by atoms with Gasteiger partial charge >= 0.3 is 0 Å². The Morgan fingerprint density at radius 1 is 1.21 bits per heavy atom. The van der Waals surface area contributed by atoms with Gasteiger partial charge in [-0.2, -0.15) is 0 Å². The van der Waals surface area contributed by atoms with Crippen molar-refractivity contribution in [3.05, 3.63) is 30.1 Å². The highest BCUT2D eigenvalue weighted by Crippen LogP contribution is 2.13. The molecule has 1 unspecified atom stereocenters. The van der Waals surface area contributed by atoms with Gasteiger partial charge in [-0.3, -0.25) is 4.98 Å². The van der Waals surface area contributed by atoms with Crippen LogP contribution in [0.2, 0.25) is 0 Å². The fraction of sp³-hybridized carbons (Fsp3) is 0.444. The van der Waals surface area contributed by atoms with Crippen molar-refractivity contribution in [2.24, 2.45) is 0 Å². The van der Waals surface area contributed by atoms with E-state index < -0.39 is 0 Å². The standard InChI is InChI=1S/C9H15N3.2ClH/c10-5-4-8(7-11)9-3-1-2-6-12-9;;/h1-3,6,8H,4-5,7,10-11H2;2*1H. The zero-order valence-corrected chi connectivity index (χ0v) is 9.64. The van der Waals surface area contributed by atoms with E-state index in [1.807, 2.05) is 18.3 Å². The molecule has 1 heterocycles. The largest absolute Gasteiger partial charge is 1.00 e. The SMILES string of the molecule is [Cl-].[Cl-].[NH3+]CCC(C[NH3+])c1ccccn1. The van der Waals surface area contributed by atoms with Gasteiger partial charge in [-0.1, -0.05) is 6.07 Å². The fourth-order valence-corrected chi connectivity index (χ4v) is 1.30. The molecule has 3 nitrogen and oxygen atoms in total. The van der Waals surface area contributed by atoms with E-state index in [0.29, 0.717) is 5.92 Å². The second-order valence-corrected chi connectivity index (χ2v) is 2.88. The lowest BCUT2D eigenvalue weighted by Crippen LogP contribution is -3.00. The number of aromatic nitrogens is 1. The van der Waals surface area contributed by atoms with Crippen molar-refractivity contribution in [1.82, 2.24) is 4.98 Å². The van der Waals surface area contributed by atoms with E-state index in [9.17, 15) is 0 Å². The molecule has 0 radical (unpaired) electrons. The number of nitrogens with zero attached hydrogens (tertiary/aromatic N) is 1. The molecule has 0 bridgehead atoms. The average molecular weight is 238 g/mol. The Labute approximate surface area is 97.1 Å². The summed E-state index contributed by atoms with van der Waals surface area (Å²) in [6, 6.07) is 6.02. The maximum atomic E-state index is 4.30. The molecule has 1 aromatic heterocycles. The minimum absolute atomic E-state index is 0. The summed E-state index contributed by atoms with van der Waals surface area (Å²) in [6.07, 6.45) is 2.92. The zero-order chi connectivity index (χ0) is 8.81. The van der Waals surface area contributed by atoms with E-state index in [0.717, 1.165) is 25.2 Å². The number of pyridine rings is 1. The van der Waals surface area contributed by atoms with Gasteiger partial charge in [0.25, 0.3) is 0 Å². The molecule has 0 aromatic carbocycles. The number of rotatable bonds is 4. The lowest BCUT2D eigenvalue weighted by molar-refractivity contribution is -0.388. The highest BCUT2D eigenvalue weighted by atomic mass is 35.5. The van der Waals surface area contributed by atoms with E-state index in [1.54, 1.807) is 0 Å². The molecular weight excluding hydrogens is 221 g/mol. The van der Waals surface area contributed by atoms with Crippen LogP contribution in [-0.2, 0) is 0 Å². The highest BCUT2D eigenvalue weighted by Gasteiger charge is 2.11. The normalized spacial score (nSPS) is 11.0. The first-order valence-corrected chi connectivity index (χ1v) is 4.38. The third kappa shape index (κ3) is 4.77. The van der Waals surface area contributed by atoms with Crippen LogP contribution in [0.4, 0.5) is 0 Å². The quantitative estimate of drug-likeness (QED) is 0.538. The summed E-state index contributed by atoms with van der Waals surface area (Å²) < 4.78 is 0. The van der Waals surface area contributed by atoms with Gasteiger partial charge in [0.2, 0.25) is 0 Å². The monoisotopic (exact) mass is 237 g/mol. The molecule has 0 aliphatic heterocycles. The molecule has 0 fully saturated rings. The second-order valence-electron chi connectivity index (χ2n) is 2.88. The number of hydrogen-bond donors (Lipinski definition) is 2. The first-order chi connectivity index (χ1) is 5.88. The summed E-state index contributed by atoms with van der Waals surface area (Å²) in [5.41, 5.74) is 8.91. The van der Waals surface area contributed by atoms with Crippen LogP contribution in [0.1, 0.15) is 18.0 Å². The van der Waals surface area contributed by atoms with Crippen molar-refractivity contribution < 1.29 is 36.3 Å². The second kappa shape index (κ2) is 9.21. The molecule has 0 saturated heterocycles. The molecule has 82 valence electrons. The Morgan fingerprint density at radius 3 is 2.36 bits per heavy atom. The minimum atomic E-state index is 0. The first kappa shape index (κ1) is 16.1. The van der Waals surface area contributed by atoms with Crippen LogP contribution in [0.15, 0.2) is 24.4 Å². The molecule has 6 N–H and O–H groups in total. The van der Waals surface area contributed by atoms with Gasteiger partial charge in [0.05, 0.1) is 19.0 Å². The van der Waals surface area contributed by atoms with E-state index in [1.165, 1.54) is 0 Å². The molecule has 0 aliphatic rings. The Kier molecular flexibility index (Phi) is 10.6. The van der Waals surface area contributed by atoms with Crippen molar-refractivity contribution in [2.45, 2.75) is 12.3 Å². The Balaban J connectivity index is 0. The number of quaternary nitrogens is 2. The van der Waals surface area contributed by atoms with Crippen molar-refractivity contribution >= 4 is 0 Å². The van der Waals surface area contributed by atoms with Crippen molar-refractivity contribution in [3.63, 3.8) is 0 Å². The topological polar surface area (TPSA) is 68.2 Å². The van der Waals surface area contributed by atoms with Crippen molar-refractivity contribution in [1.29, 1.82) is 0 Å². The van der Waals surface area contributed by atoms with Crippen LogP contribution in [0, 0.1) is 0 Å². The maximum Gasteiger partial charge on any atom is 0.0827 e. The Bertz CT molecular complexity index is 219. The van der Waals surface area contributed by atoms with Crippen LogP contribution in [0.3, 0.4) is 0 Å². The third-order valence-electron chi connectivity index (χ3n) is 2.01. The molecule has 0 saturated carbocycles. The predicted octanol–water partition coefficient (Wildman–Crippen LogP) is -6.95. The van der Waals surface area contributed by atoms with Crippen molar-refractivity contribution in [3.8, 4) is 0 Å². The Morgan fingerprint density at radius 2 is 1.93 bits per heavy atom. The predicted molar refractivity (Wildman–Crippen MR) is 47.1 cm³/mol. The molecule has 0 aliphatic carbocycles. The zero-order valence-electron chi connectivity index (χ0n) is 8.13. The van der Waals surface area contributed by atoms with E-state index >= 15 is 0 Å². The summed E-state index contributed by atoms with van der Waals surface area (Å²) in [4.78, 5) is 4.30. The highest BCUT2D eigenvalue weighted by molar-refractivity contribution is 5.09. The summed E-state index contributed by atoms with van der Waals surface area (Å²) in [5.74, 6) is 0.490. The van der Waals surface area contributed by atoms with Crippen LogP contribution in [-0.4, -0.2) is 18.1 Å². The van der Waals surface area contributed by atoms with E-state index in [4.69, 9.17) is 0 Å². The summed E-state index contributed by atoms with van der Waals surface area (Å²) >= 11 is 0. The van der Waals surface area contributed by atoms with Gasteiger partial charge in [0.15, 0.2) is 0 Å². The summed E-state index contributed by atoms with van der Waals surface area (Å²) in [5, 5.41) is 0. The van der Waals surface area contributed by atoms with Gasteiger partial charge in [-0.25, -0.2) is 0 Å². The molecule has 0 spiro atoms. The lowest BCUT2D eigenvalue weighted by Gasteiger charge is -2.08. The smallest absolute Gasteiger partial charge is 0.0827 e. The van der Waals surface area contributed by atoms with Gasteiger partial charge in [0, 0.05) is 18.3 Å². The molecule has 1 rings (SSSR count). The van der Waals surface area contributed by atoms with E-state index in [-0.39, 0.29) is 24.8 Å². The van der Waals surface area contributed by atoms with Crippen LogP contribution in [0.25, 0.3) is 0 Å². The van der Waals surface area contributed by atoms with E-state index in [2.05, 4.69) is 22.5 Å². The fourth-order valence-electron chi connectivity index (χ4n) is 1.30. The molecule has 0 amide bonds. The molecular formula is C9H17Cl2N3. The Hall–Kier alpha value is -0.350. The van der Waals surface area contributed by atoms with Gasteiger partial charge in [-0.05, 0) is 12.1 Å². The lowest BCUT2D eigenvalue weighted by atomic mass is 10.0. The number of halogens is 2. The molecule has 5 heteroatoms. The third-order valence-corrected chi connectivity index (χ3v) is 2.01. The summed E-state index contributed by atoms with van der Waals surface area (Å²) in [6.45, 7) is 1.86. The number of hydrogen-bond acceptors (Lipinski definition) is 1. The van der Waals surface area contributed by atoms with Crippen molar-refractivity contribution in [2.75, 3.05) is 13.1 Å². The maximum absolute atomic E-state index is 4.30. The minimum Gasteiger partial charge on any atom is -1.00 e. The van der Waals surface area contributed by atoms with Crippen LogP contribution >= 0.6 is 0 Å². The molecule has 1 atom stereocenters. The average Bonchev–Trinajstić information content (AvgIpc) is 2.15. The summed E-state index contributed by atoms with van der Waals surface area (Å²) in [7, 11) is 0. The first-order valence-electron chi connectivity index (χ1n) is 4.38. The van der Waals surface area contributed by atoms with Gasteiger partial charge in [-0.15, -0.1) is 0 Å².